The van der Waals surface area contributed by atoms with Crippen molar-refractivity contribution in [1.82, 2.24) is 0 Å². The molecule has 2 rings (SSSR count). The fourth-order valence-electron chi connectivity index (χ4n) is 2.96. The first-order valence-corrected chi connectivity index (χ1v) is 8.44. The van der Waals surface area contributed by atoms with E-state index in [9.17, 15) is 9.90 Å². The Labute approximate surface area is 161 Å². The van der Waals surface area contributed by atoms with Crippen molar-refractivity contribution < 1.29 is 40.8 Å². The molecule has 1 aromatic carbocycles. The molecular formula is C19H30BrNO4. The molecule has 1 atom stereocenters. The first-order valence-electron chi connectivity index (χ1n) is 8.44. The molecule has 6 heteroatoms. The molecule has 0 fully saturated rings. The number of ether oxygens (including phenoxy) is 2. The first-order chi connectivity index (χ1) is 11.0. The zero-order valence-corrected chi connectivity index (χ0v) is 17.9. The Morgan fingerprint density at radius 1 is 1.20 bits per heavy atom. The van der Waals surface area contributed by atoms with Gasteiger partial charge in [-0.25, -0.2) is 4.79 Å². The van der Waals surface area contributed by atoms with Gasteiger partial charge in [-0.3, -0.25) is 0 Å². The molecule has 142 valence electrons. The number of phenols is 1. The maximum absolute atomic E-state index is 12.6. The summed E-state index contributed by atoms with van der Waals surface area (Å²) in [6.07, 6.45) is 1.24. The summed E-state index contributed by atoms with van der Waals surface area (Å²) in [5.74, 6) is 0.730. The fourth-order valence-corrected chi connectivity index (χ4v) is 2.96. The molecule has 0 bridgehead atoms. The van der Waals surface area contributed by atoms with Crippen LogP contribution in [0.3, 0.4) is 0 Å². The molecule has 0 amide bonds. The van der Waals surface area contributed by atoms with Gasteiger partial charge in [-0.15, -0.1) is 0 Å². The van der Waals surface area contributed by atoms with Crippen LogP contribution in [0.15, 0.2) is 0 Å². The highest BCUT2D eigenvalue weighted by atomic mass is 79.9. The highest BCUT2D eigenvalue weighted by Crippen LogP contribution is 2.43. The van der Waals surface area contributed by atoms with Gasteiger partial charge in [-0.1, -0.05) is 0 Å². The molecule has 1 aromatic rings. The van der Waals surface area contributed by atoms with E-state index in [1.54, 1.807) is 6.92 Å². The van der Waals surface area contributed by atoms with Gasteiger partial charge in [0.15, 0.2) is 0 Å². The standard InChI is InChI=1S/C19H29NO4.BrH/c1-12-13(2)17-15(14(3)16(12)21)8-9-19(4,24-17)18(22)23-11-10-20(5,6)7;/h8-11H2,1-7H3;1H. The highest BCUT2D eigenvalue weighted by molar-refractivity contribution is 5.80. The summed E-state index contributed by atoms with van der Waals surface area (Å²) >= 11 is 0. The number of phenolic OH excluding ortho intramolecular Hbond substituents is 1. The van der Waals surface area contributed by atoms with E-state index in [2.05, 4.69) is 21.1 Å². The Morgan fingerprint density at radius 2 is 1.80 bits per heavy atom. The van der Waals surface area contributed by atoms with Crippen molar-refractivity contribution in [3.8, 4) is 11.5 Å². The number of esters is 1. The smallest absolute Gasteiger partial charge is 0.350 e. The van der Waals surface area contributed by atoms with Crippen molar-refractivity contribution in [3.05, 3.63) is 22.3 Å². The number of quaternary nitrogens is 1. The third-order valence-corrected chi connectivity index (χ3v) is 4.95. The van der Waals surface area contributed by atoms with E-state index < -0.39 is 5.60 Å². The second-order valence-electron chi connectivity index (χ2n) is 8.01. The minimum atomic E-state index is -0.974. The van der Waals surface area contributed by atoms with E-state index in [0.717, 1.165) is 39.0 Å². The third kappa shape index (κ3) is 4.47. The van der Waals surface area contributed by atoms with Crippen molar-refractivity contribution >= 4 is 5.97 Å². The fraction of sp³-hybridized carbons (Fsp3) is 0.632. The van der Waals surface area contributed by atoms with Crippen LogP contribution in [-0.2, 0) is 16.0 Å². The lowest BCUT2D eigenvalue weighted by Crippen LogP contribution is -3.00. The molecule has 0 aliphatic carbocycles. The number of carbonyl (C=O) groups is 1. The van der Waals surface area contributed by atoms with Crippen LogP contribution in [0.4, 0.5) is 0 Å². The van der Waals surface area contributed by atoms with Crippen LogP contribution in [0.1, 0.15) is 35.6 Å². The van der Waals surface area contributed by atoms with E-state index in [-0.39, 0.29) is 23.0 Å². The minimum absolute atomic E-state index is 0. The number of benzene rings is 1. The average Bonchev–Trinajstić information content (AvgIpc) is 2.49. The Balaban J connectivity index is 0.00000312. The Morgan fingerprint density at radius 3 is 2.36 bits per heavy atom. The van der Waals surface area contributed by atoms with Crippen molar-refractivity contribution in [2.24, 2.45) is 0 Å². The topological polar surface area (TPSA) is 55.8 Å². The number of likely N-dealkylation sites (N-methyl/N-ethyl adjacent to an activating group) is 1. The molecule has 1 aliphatic heterocycles. The van der Waals surface area contributed by atoms with Crippen LogP contribution in [0, 0.1) is 20.8 Å². The lowest BCUT2D eigenvalue weighted by Gasteiger charge is -2.36. The lowest BCUT2D eigenvalue weighted by molar-refractivity contribution is -0.870. The van der Waals surface area contributed by atoms with Gasteiger partial charge >= 0.3 is 5.97 Å². The summed E-state index contributed by atoms with van der Waals surface area (Å²) in [6, 6.07) is 0. The van der Waals surface area contributed by atoms with Crippen LogP contribution in [0.25, 0.3) is 0 Å². The maximum Gasteiger partial charge on any atom is 0.350 e. The Bertz CT molecular complexity index is 667. The number of hydrogen-bond acceptors (Lipinski definition) is 4. The molecule has 0 saturated carbocycles. The number of nitrogens with zero attached hydrogens (tertiary/aromatic N) is 1. The van der Waals surface area contributed by atoms with Crippen molar-refractivity contribution in [2.75, 3.05) is 34.3 Å². The summed E-state index contributed by atoms with van der Waals surface area (Å²) in [4.78, 5) is 12.6. The van der Waals surface area contributed by atoms with Crippen LogP contribution in [-0.4, -0.2) is 55.5 Å². The normalized spacial score (nSPS) is 19.5. The van der Waals surface area contributed by atoms with E-state index in [1.807, 2.05) is 20.8 Å². The van der Waals surface area contributed by atoms with Gasteiger partial charge in [0, 0.05) is 12.0 Å². The summed E-state index contributed by atoms with van der Waals surface area (Å²) in [5.41, 5.74) is 2.55. The van der Waals surface area contributed by atoms with Crippen molar-refractivity contribution in [2.45, 2.75) is 46.1 Å². The summed E-state index contributed by atoms with van der Waals surface area (Å²) < 4.78 is 12.3. The van der Waals surface area contributed by atoms with E-state index in [0.29, 0.717) is 25.2 Å². The molecule has 0 radical (unpaired) electrons. The maximum atomic E-state index is 12.6. The van der Waals surface area contributed by atoms with Gasteiger partial charge in [0.1, 0.15) is 24.7 Å². The number of halogens is 1. The van der Waals surface area contributed by atoms with E-state index in [1.165, 1.54) is 0 Å². The van der Waals surface area contributed by atoms with Crippen LogP contribution < -0.4 is 21.7 Å². The lowest BCUT2D eigenvalue weighted by atomic mass is 9.87. The first kappa shape index (κ1) is 21.8. The average molecular weight is 416 g/mol. The molecule has 1 aliphatic rings. The van der Waals surface area contributed by atoms with Crippen molar-refractivity contribution in [1.29, 1.82) is 0 Å². The zero-order valence-electron chi connectivity index (χ0n) is 16.3. The number of fused-ring (bicyclic) bond motifs is 1. The van der Waals surface area contributed by atoms with Gasteiger partial charge in [0.2, 0.25) is 5.60 Å². The highest BCUT2D eigenvalue weighted by Gasteiger charge is 2.42. The monoisotopic (exact) mass is 415 g/mol. The Hall–Kier alpha value is -1.27. The minimum Gasteiger partial charge on any atom is -1.00 e. The molecule has 0 aromatic heterocycles. The summed E-state index contributed by atoms with van der Waals surface area (Å²) in [6.45, 7) is 8.60. The van der Waals surface area contributed by atoms with Crippen molar-refractivity contribution in [3.63, 3.8) is 0 Å². The summed E-state index contributed by atoms with van der Waals surface area (Å²) in [5, 5.41) is 10.2. The third-order valence-electron chi connectivity index (χ3n) is 4.95. The number of aromatic hydroxyl groups is 1. The zero-order chi connectivity index (χ0) is 18.3. The molecule has 1 heterocycles. The molecule has 25 heavy (non-hydrogen) atoms. The molecule has 0 spiro atoms. The number of carbonyl (C=O) groups excluding carboxylic acids is 1. The number of hydrogen-bond donors (Lipinski definition) is 1. The van der Waals surface area contributed by atoms with Gasteiger partial charge in [0.25, 0.3) is 0 Å². The van der Waals surface area contributed by atoms with Crippen LogP contribution in [0.2, 0.25) is 0 Å². The summed E-state index contributed by atoms with van der Waals surface area (Å²) in [7, 11) is 6.18. The largest absolute Gasteiger partial charge is 1.00 e. The quantitative estimate of drug-likeness (QED) is 0.539. The van der Waals surface area contributed by atoms with Gasteiger partial charge in [-0.05, 0) is 50.8 Å². The SMILES string of the molecule is Cc1c(C)c2c(c(C)c1O)CCC(C)(C(=O)OCC[N+](C)(C)C)O2.[Br-]. The molecule has 5 nitrogen and oxygen atoms in total. The Kier molecular flexibility index (Phi) is 6.57. The molecule has 1 N–H and O–H groups in total. The predicted molar refractivity (Wildman–Crippen MR) is 93.5 cm³/mol. The van der Waals surface area contributed by atoms with Crippen LogP contribution >= 0.6 is 0 Å². The van der Waals surface area contributed by atoms with E-state index in [4.69, 9.17) is 9.47 Å². The molecular weight excluding hydrogens is 386 g/mol. The van der Waals surface area contributed by atoms with E-state index >= 15 is 0 Å². The second kappa shape index (κ2) is 7.54. The number of rotatable bonds is 4. The molecule has 0 saturated heterocycles. The predicted octanol–water partition coefficient (Wildman–Crippen LogP) is -0.345. The van der Waals surface area contributed by atoms with Gasteiger partial charge in [-0.2, -0.15) is 0 Å². The van der Waals surface area contributed by atoms with Crippen LogP contribution in [0.5, 0.6) is 11.5 Å². The second-order valence-corrected chi connectivity index (χ2v) is 8.01. The molecule has 1 unspecified atom stereocenters. The van der Waals surface area contributed by atoms with Gasteiger partial charge < -0.3 is 36.0 Å². The van der Waals surface area contributed by atoms with Gasteiger partial charge in [0.05, 0.1) is 21.1 Å².